The lowest BCUT2D eigenvalue weighted by Crippen LogP contribution is -2.41. The Kier molecular flexibility index (Phi) is 6.98. The summed E-state index contributed by atoms with van der Waals surface area (Å²) in [4.78, 5) is 46.1. The molecule has 3 heterocycles. The predicted octanol–water partition coefficient (Wildman–Crippen LogP) is 4.52. The second-order valence-electron chi connectivity index (χ2n) is 9.68. The van der Waals surface area contributed by atoms with E-state index in [4.69, 9.17) is 11.6 Å². The Morgan fingerprint density at radius 1 is 0.951 bits per heavy atom. The summed E-state index contributed by atoms with van der Waals surface area (Å²) >= 11 is 7.35. The number of nitrogens with one attached hydrogen (secondary N) is 1. The molecule has 204 valence electrons. The summed E-state index contributed by atoms with van der Waals surface area (Å²) < 4.78 is 1.87. The molecular weight excluding hydrogens is 558 g/mol. The highest BCUT2D eigenvalue weighted by atomic mass is 35.5. The Labute approximate surface area is 244 Å². The van der Waals surface area contributed by atoms with E-state index >= 15 is 0 Å². The Hall–Kier alpha value is -4.60. The monoisotopic (exact) mass is 581 g/mol. The third-order valence-electron chi connectivity index (χ3n) is 6.99. The van der Waals surface area contributed by atoms with Gasteiger partial charge < -0.3 is 5.32 Å². The second kappa shape index (κ2) is 10.8. The predicted molar refractivity (Wildman–Crippen MR) is 162 cm³/mol. The Balaban J connectivity index is 1.44. The van der Waals surface area contributed by atoms with Gasteiger partial charge in [-0.15, -0.1) is 0 Å². The van der Waals surface area contributed by atoms with Gasteiger partial charge in [-0.25, -0.2) is 4.99 Å². The van der Waals surface area contributed by atoms with Crippen molar-refractivity contribution in [3.05, 3.63) is 126 Å². The van der Waals surface area contributed by atoms with Crippen LogP contribution < -0.4 is 25.2 Å². The molecule has 1 N–H and O–H groups in total. The van der Waals surface area contributed by atoms with Crippen molar-refractivity contribution in [2.75, 3.05) is 10.3 Å². The van der Waals surface area contributed by atoms with Crippen LogP contribution in [0.15, 0.2) is 111 Å². The number of allylic oxidation sites excluding steroid dienone is 1. The first-order valence-corrected chi connectivity index (χ1v) is 14.1. The van der Waals surface area contributed by atoms with Gasteiger partial charge in [0.25, 0.3) is 17.4 Å². The maximum atomic E-state index is 14.0. The van der Waals surface area contributed by atoms with E-state index < -0.39 is 12.0 Å². The number of hydrogen-bond acceptors (Lipinski definition) is 6. The molecule has 8 nitrogen and oxygen atoms in total. The standard InChI is InChI=1S/C31H24ClN5O3S/c1-18-24(29(39)37(35-18)23-11-7-4-8-12-23)17-25-30(40)36-27(20-13-15-21(32)16-14-20)26(19(2)33-31(36)41-25)28(38)34-22-9-5-3-6-10-22/h3-17,24,27H,1-2H3,(H,34,38)/b25-17+/t24-,27-/m1/s1. The zero-order valence-corrected chi connectivity index (χ0v) is 23.7. The van der Waals surface area contributed by atoms with Crippen LogP contribution in [-0.2, 0) is 9.59 Å². The highest BCUT2D eigenvalue weighted by Crippen LogP contribution is 2.31. The van der Waals surface area contributed by atoms with E-state index in [2.05, 4.69) is 15.4 Å². The highest BCUT2D eigenvalue weighted by Gasteiger charge is 2.35. The summed E-state index contributed by atoms with van der Waals surface area (Å²) in [5, 5.41) is 9.29. The van der Waals surface area contributed by atoms with Gasteiger partial charge in [-0.1, -0.05) is 71.5 Å². The molecule has 0 spiro atoms. The normalized spacial score (nSPS) is 18.7. The molecule has 2 amide bonds. The number of halogens is 1. The molecule has 10 heteroatoms. The number of benzene rings is 3. The van der Waals surface area contributed by atoms with Crippen LogP contribution in [0.3, 0.4) is 0 Å². The van der Waals surface area contributed by atoms with E-state index in [1.807, 2.05) is 48.5 Å². The maximum Gasteiger partial charge on any atom is 0.270 e. The minimum absolute atomic E-state index is 0.243. The van der Waals surface area contributed by atoms with Crippen molar-refractivity contribution < 1.29 is 9.59 Å². The number of carbonyl (C=O) groups excluding carboxylic acids is 2. The highest BCUT2D eigenvalue weighted by molar-refractivity contribution is 7.07. The molecule has 41 heavy (non-hydrogen) atoms. The van der Waals surface area contributed by atoms with Crippen molar-refractivity contribution in [1.29, 1.82) is 0 Å². The van der Waals surface area contributed by atoms with E-state index in [0.717, 1.165) is 0 Å². The van der Waals surface area contributed by atoms with Crippen LogP contribution in [0.1, 0.15) is 25.5 Å². The number of hydrazone groups is 1. The van der Waals surface area contributed by atoms with E-state index in [1.165, 1.54) is 20.9 Å². The number of fused-ring (bicyclic) bond motifs is 1. The second-order valence-corrected chi connectivity index (χ2v) is 11.1. The van der Waals surface area contributed by atoms with Gasteiger partial charge in [0, 0.05) is 10.7 Å². The van der Waals surface area contributed by atoms with Gasteiger partial charge in [0.15, 0.2) is 4.80 Å². The summed E-state index contributed by atoms with van der Waals surface area (Å²) in [6.45, 7) is 3.53. The van der Waals surface area contributed by atoms with Crippen molar-refractivity contribution >= 4 is 57.9 Å². The average Bonchev–Trinajstić information content (AvgIpc) is 3.43. The van der Waals surface area contributed by atoms with Gasteiger partial charge in [0.1, 0.15) is 5.92 Å². The Morgan fingerprint density at radius 2 is 1.61 bits per heavy atom. The average molecular weight is 582 g/mol. The van der Waals surface area contributed by atoms with Crippen molar-refractivity contribution in [2.45, 2.75) is 19.9 Å². The van der Waals surface area contributed by atoms with Crippen LogP contribution in [0.25, 0.3) is 6.08 Å². The SMILES string of the molecule is CC1=NN(c2ccccc2)C(=O)[C@@H]1/C=c1/sc2n(c1=O)[C@H](c1ccc(Cl)cc1)C(C(=O)Nc1ccccc1)=C(C)N=2. The van der Waals surface area contributed by atoms with E-state index in [0.29, 0.717) is 48.3 Å². The molecule has 0 unspecified atom stereocenters. The molecule has 0 radical (unpaired) electrons. The number of anilines is 2. The third kappa shape index (κ3) is 4.94. The van der Waals surface area contributed by atoms with Crippen LogP contribution in [-0.4, -0.2) is 22.1 Å². The zero-order chi connectivity index (χ0) is 28.7. The molecule has 2 aliphatic rings. The number of nitrogens with zero attached hydrogens (tertiary/aromatic N) is 4. The number of rotatable bonds is 5. The molecule has 3 aromatic carbocycles. The first-order valence-electron chi connectivity index (χ1n) is 12.9. The van der Waals surface area contributed by atoms with Gasteiger partial charge in [0.2, 0.25) is 0 Å². The summed E-state index contributed by atoms with van der Waals surface area (Å²) in [6, 6.07) is 24.6. The van der Waals surface area contributed by atoms with Gasteiger partial charge in [-0.3, -0.25) is 19.0 Å². The minimum atomic E-state index is -0.746. The fourth-order valence-corrected chi connectivity index (χ4v) is 6.17. The maximum absolute atomic E-state index is 14.0. The number of aromatic nitrogens is 1. The summed E-state index contributed by atoms with van der Waals surface area (Å²) in [5.41, 5.74) is 3.07. The van der Waals surface area contributed by atoms with Crippen molar-refractivity contribution in [1.82, 2.24) is 4.57 Å². The number of hydrogen-bond donors (Lipinski definition) is 1. The smallest absolute Gasteiger partial charge is 0.270 e. The molecular formula is C31H24ClN5O3S. The van der Waals surface area contributed by atoms with Crippen LogP contribution in [0.5, 0.6) is 0 Å². The van der Waals surface area contributed by atoms with E-state index in [9.17, 15) is 14.4 Å². The van der Waals surface area contributed by atoms with Crippen molar-refractivity contribution in [3.8, 4) is 0 Å². The van der Waals surface area contributed by atoms with Gasteiger partial charge in [-0.2, -0.15) is 10.1 Å². The van der Waals surface area contributed by atoms with Gasteiger partial charge in [-0.05, 0) is 61.9 Å². The van der Waals surface area contributed by atoms with Gasteiger partial charge in [0.05, 0.1) is 33.2 Å². The zero-order valence-electron chi connectivity index (χ0n) is 22.1. The summed E-state index contributed by atoms with van der Waals surface area (Å²) in [6.07, 6.45) is 1.65. The molecule has 6 rings (SSSR count). The number of carbonyl (C=O) groups is 2. The molecule has 0 saturated heterocycles. The summed E-state index contributed by atoms with van der Waals surface area (Å²) in [7, 11) is 0. The Morgan fingerprint density at radius 3 is 2.29 bits per heavy atom. The first-order chi connectivity index (χ1) is 19.8. The van der Waals surface area contributed by atoms with Crippen molar-refractivity contribution in [3.63, 3.8) is 0 Å². The number of thiazole rings is 1. The number of para-hydroxylation sites is 2. The fraction of sp³-hybridized carbons (Fsp3) is 0.129. The largest absolute Gasteiger partial charge is 0.322 e. The molecule has 4 aromatic rings. The molecule has 0 saturated carbocycles. The van der Waals surface area contributed by atoms with Crippen molar-refractivity contribution in [2.24, 2.45) is 16.0 Å². The lowest BCUT2D eigenvalue weighted by atomic mass is 9.95. The minimum Gasteiger partial charge on any atom is -0.322 e. The van der Waals surface area contributed by atoms with Crippen LogP contribution >= 0.6 is 22.9 Å². The molecule has 2 atom stereocenters. The third-order valence-corrected chi connectivity index (χ3v) is 8.24. The molecule has 0 fully saturated rings. The molecule has 1 aromatic heterocycles. The quantitative estimate of drug-likeness (QED) is 0.375. The molecule has 2 aliphatic heterocycles. The lowest BCUT2D eigenvalue weighted by molar-refractivity contribution is -0.118. The Bertz CT molecular complexity index is 1910. The fourth-order valence-electron chi connectivity index (χ4n) is 4.98. The first kappa shape index (κ1) is 26.6. The van der Waals surface area contributed by atoms with Crippen LogP contribution in [0.4, 0.5) is 11.4 Å². The molecule has 0 bridgehead atoms. The summed E-state index contributed by atoms with van der Waals surface area (Å²) in [5.74, 6) is -1.31. The van der Waals surface area contributed by atoms with E-state index in [-0.39, 0.29) is 17.4 Å². The van der Waals surface area contributed by atoms with E-state index in [1.54, 1.807) is 56.3 Å². The van der Waals surface area contributed by atoms with Crippen LogP contribution in [0, 0.1) is 5.92 Å². The topological polar surface area (TPSA) is 96.1 Å². The van der Waals surface area contributed by atoms with Crippen LogP contribution in [0.2, 0.25) is 5.02 Å². The van der Waals surface area contributed by atoms with Gasteiger partial charge >= 0.3 is 0 Å². The lowest BCUT2D eigenvalue weighted by Gasteiger charge is -2.25. The number of amides is 2. The molecule has 0 aliphatic carbocycles.